The number of hydrogen-bond acceptors (Lipinski definition) is 2. The van der Waals surface area contributed by atoms with E-state index in [-0.39, 0.29) is 0 Å². The molecule has 22 heavy (non-hydrogen) atoms. The highest BCUT2D eigenvalue weighted by Gasteiger charge is 2.07. The second kappa shape index (κ2) is 7.10. The van der Waals surface area contributed by atoms with Crippen LogP contribution in [0.25, 0.3) is 11.3 Å². The molecule has 3 rings (SSSR count). The summed E-state index contributed by atoms with van der Waals surface area (Å²) in [6.07, 6.45) is 1.72. The van der Waals surface area contributed by atoms with Crippen LogP contribution in [0, 0.1) is 0 Å². The lowest BCUT2D eigenvalue weighted by Crippen LogP contribution is -2.22. The molecule has 0 N–H and O–H groups in total. The third-order valence-electron chi connectivity index (χ3n) is 3.84. The van der Waals surface area contributed by atoms with Gasteiger partial charge in [0.2, 0.25) is 0 Å². The Labute approximate surface area is 132 Å². The SMILES string of the molecule is CCN(Cc1ccccc1)Cc1cccc(-c2ccco2)c1. The van der Waals surface area contributed by atoms with Crippen LogP contribution in [0.1, 0.15) is 18.1 Å². The van der Waals surface area contributed by atoms with E-state index in [1.54, 1.807) is 6.26 Å². The van der Waals surface area contributed by atoms with Crippen molar-refractivity contribution in [3.05, 3.63) is 84.1 Å². The predicted octanol–water partition coefficient (Wildman–Crippen LogP) is 4.97. The summed E-state index contributed by atoms with van der Waals surface area (Å²) in [5.74, 6) is 0.924. The van der Waals surface area contributed by atoms with Crippen molar-refractivity contribution in [3.63, 3.8) is 0 Å². The van der Waals surface area contributed by atoms with Gasteiger partial charge in [-0.05, 0) is 35.9 Å². The van der Waals surface area contributed by atoms with Crippen molar-refractivity contribution in [1.29, 1.82) is 0 Å². The van der Waals surface area contributed by atoms with Gasteiger partial charge in [0.05, 0.1) is 6.26 Å². The number of rotatable bonds is 6. The van der Waals surface area contributed by atoms with Crippen molar-refractivity contribution >= 4 is 0 Å². The molecule has 0 aliphatic rings. The van der Waals surface area contributed by atoms with Crippen molar-refractivity contribution in [3.8, 4) is 11.3 Å². The van der Waals surface area contributed by atoms with Crippen LogP contribution >= 0.6 is 0 Å². The molecule has 3 aromatic rings. The number of nitrogens with zero attached hydrogens (tertiary/aromatic N) is 1. The summed E-state index contributed by atoms with van der Waals surface area (Å²) in [7, 11) is 0. The number of furan rings is 1. The van der Waals surface area contributed by atoms with Crippen LogP contribution in [0.3, 0.4) is 0 Å². The first-order valence-electron chi connectivity index (χ1n) is 7.74. The Bertz CT molecular complexity index is 689. The van der Waals surface area contributed by atoms with E-state index in [4.69, 9.17) is 4.42 Å². The summed E-state index contributed by atoms with van der Waals surface area (Å²) < 4.78 is 5.49. The molecule has 2 aromatic carbocycles. The highest BCUT2D eigenvalue weighted by Crippen LogP contribution is 2.21. The summed E-state index contributed by atoms with van der Waals surface area (Å²) in [5.41, 5.74) is 3.80. The quantitative estimate of drug-likeness (QED) is 0.637. The summed E-state index contributed by atoms with van der Waals surface area (Å²) in [4.78, 5) is 2.44. The van der Waals surface area contributed by atoms with E-state index in [2.05, 4.69) is 66.4 Å². The second-order valence-corrected chi connectivity index (χ2v) is 5.47. The molecule has 0 aliphatic heterocycles. The van der Waals surface area contributed by atoms with E-state index in [1.807, 2.05) is 12.1 Å². The van der Waals surface area contributed by atoms with Gasteiger partial charge in [0.1, 0.15) is 5.76 Å². The molecular formula is C20H21NO. The van der Waals surface area contributed by atoms with E-state index in [1.165, 1.54) is 11.1 Å². The highest BCUT2D eigenvalue weighted by molar-refractivity contribution is 5.58. The van der Waals surface area contributed by atoms with Crippen LogP contribution in [-0.2, 0) is 13.1 Å². The van der Waals surface area contributed by atoms with Gasteiger partial charge in [0, 0.05) is 18.7 Å². The van der Waals surface area contributed by atoms with Gasteiger partial charge >= 0.3 is 0 Å². The molecule has 0 fully saturated rings. The molecule has 0 saturated heterocycles. The van der Waals surface area contributed by atoms with Gasteiger partial charge in [-0.3, -0.25) is 4.90 Å². The van der Waals surface area contributed by atoms with Crippen molar-refractivity contribution in [1.82, 2.24) is 4.90 Å². The number of hydrogen-bond donors (Lipinski definition) is 0. The normalized spacial score (nSPS) is 11.0. The summed E-state index contributed by atoms with van der Waals surface area (Å²) in [6, 6.07) is 23.1. The van der Waals surface area contributed by atoms with E-state index in [0.717, 1.165) is 31.0 Å². The van der Waals surface area contributed by atoms with Gasteiger partial charge in [-0.15, -0.1) is 0 Å². The fraction of sp³-hybridized carbons (Fsp3) is 0.200. The van der Waals surface area contributed by atoms with Crippen LogP contribution in [-0.4, -0.2) is 11.4 Å². The first-order chi connectivity index (χ1) is 10.8. The Morgan fingerprint density at radius 2 is 1.59 bits per heavy atom. The third-order valence-corrected chi connectivity index (χ3v) is 3.84. The summed E-state index contributed by atoms with van der Waals surface area (Å²) in [5, 5.41) is 0. The lowest BCUT2D eigenvalue weighted by atomic mass is 10.1. The molecular weight excluding hydrogens is 270 g/mol. The van der Waals surface area contributed by atoms with Gasteiger partial charge < -0.3 is 4.42 Å². The van der Waals surface area contributed by atoms with Crippen molar-refractivity contribution < 1.29 is 4.42 Å². The topological polar surface area (TPSA) is 16.4 Å². The standard InChI is InChI=1S/C20H21NO/c1-2-21(15-17-8-4-3-5-9-17)16-18-10-6-11-19(14-18)20-12-7-13-22-20/h3-14H,2,15-16H2,1H3. The minimum atomic E-state index is 0.924. The van der Waals surface area contributed by atoms with Crippen LogP contribution in [0.15, 0.2) is 77.4 Å². The van der Waals surface area contributed by atoms with Gasteiger partial charge in [0.15, 0.2) is 0 Å². The minimum absolute atomic E-state index is 0.924. The smallest absolute Gasteiger partial charge is 0.133 e. The predicted molar refractivity (Wildman–Crippen MR) is 90.4 cm³/mol. The summed E-state index contributed by atoms with van der Waals surface area (Å²) in [6.45, 7) is 5.15. The lowest BCUT2D eigenvalue weighted by molar-refractivity contribution is 0.271. The van der Waals surface area contributed by atoms with Crippen LogP contribution in [0.5, 0.6) is 0 Å². The van der Waals surface area contributed by atoms with Crippen LogP contribution in [0.2, 0.25) is 0 Å². The minimum Gasteiger partial charge on any atom is -0.464 e. The van der Waals surface area contributed by atoms with E-state index in [9.17, 15) is 0 Å². The Morgan fingerprint density at radius 3 is 2.32 bits per heavy atom. The number of benzene rings is 2. The fourth-order valence-electron chi connectivity index (χ4n) is 2.65. The highest BCUT2D eigenvalue weighted by atomic mass is 16.3. The van der Waals surface area contributed by atoms with Gasteiger partial charge in [0.25, 0.3) is 0 Å². The molecule has 1 aromatic heterocycles. The molecule has 0 saturated carbocycles. The van der Waals surface area contributed by atoms with Gasteiger partial charge in [-0.25, -0.2) is 0 Å². The maximum absolute atomic E-state index is 5.49. The van der Waals surface area contributed by atoms with Gasteiger partial charge in [-0.2, -0.15) is 0 Å². The van der Waals surface area contributed by atoms with E-state index < -0.39 is 0 Å². The monoisotopic (exact) mass is 291 g/mol. The molecule has 2 nitrogen and oxygen atoms in total. The molecule has 112 valence electrons. The lowest BCUT2D eigenvalue weighted by Gasteiger charge is -2.21. The molecule has 0 spiro atoms. The van der Waals surface area contributed by atoms with Crippen LogP contribution < -0.4 is 0 Å². The zero-order valence-corrected chi connectivity index (χ0v) is 12.9. The zero-order chi connectivity index (χ0) is 15.2. The first-order valence-corrected chi connectivity index (χ1v) is 7.74. The van der Waals surface area contributed by atoms with Gasteiger partial charge in [-0.1, -0.05) is 55.5 Å². The third kappa shape index (κ3) is 3.66. The van der Waals surface area contributed by atoms with Crippen molar-refractivity contribution in [2.75, 3.05) is 6.54 Å². The molecule has 0 unspecified atom stereocenters. The first kappa shape index (κ1) is 14.6. The van der Waals surface area contributed by atoms with E-state index >= 15 is 0 Å². The average molecular weight is 291 g/mol. The Kier molecular flexibility index (Phi) is 4.71. The Morgan fingerprint density at radius 1 is 0.818 bits per heavy atom. The largest absolute Gasteiger partial charge is 0.464 e. The second-order valence-electron chi connectivity index (χ2n) is 5.47. The average Bonchev–Trinajstić information content (AvgIpc) is 3.10. The zero-order valence-electron chi connectivity index (χ0n) is 12.9. The maximum Gasteiger partial charge on any atom is 0.133 e. The Balaban J connectivity index is 1.72. The molecule has 0 atom stereocenters. The molecule has 0 radical (unpaired) electrons. The van der Waals surface area contributed by atoms with Crippen molar-refractivity contribution in [2.45, 2.75) is 20.0 Å². The van der Waals surface area contributed by atoms with Crippen LogP contribution in [0.4, 0.5) is 0 Å². The summed E-state index contributed by atoms with van der Waals surface area (Å²) >= 11 is 0. The molecule has 1 heterocycles. The Hall–Kier alpha value is -2.32. The molecule has 0 bridgehead atoms. The van der Waals surface area contributed by atoms with Crippen molar-refractivity contribution in [2.24, 2.45) is 0 Å². The van der Waals surface area contributed by atoms with E-state index in [0.29, 0.717) is 0 Å². The molecule has 2 heteroatoms. The molecule has 0 aliphatic carbocycles. The molecule has 0 amide bonds. The maximum atomic E-state index is 5.49. The fourth-order valence-corrected chi connectivity index (χ4v) is 2.65.